The van der Waals surface area contributed by atoms with Gasteiger partial charge in [0.2, 0.25) is 0 Å². The second-order valence-corrected chi connectivity index (χ2v) is 5.04. The number of rotatable bonds is 6. The molecular formula is C16H23NO3. The number of amides is 1. The third kappa shape index (κ3) is 3.58. The van der Waals surface area contributed by atoms with Crippen LogP contribution >= 0.6 is 0 Å². The lowest BCUT2D eigenvalue weighted by Crippen LogP contribution is -2.40. The molecule has 0 unspecified atom stereocenters. The minimum Gasteiger partial charge on any atom is -0.376 e. The Balaban J connectivity index is 2.05. The van der Waals surface area contributed by atoms with Gasteiger partial charge >= 0.3 is 0 Å². The zero-order valence-electron chi connectivity index (χ0n) is 12.2. The molecule has 0 saturated carbocycles. The van der Waals surface area contributed by atoms with Gasteiger partial charge in [0.25, 0.3) is 5.91 Å². The average molecular weight is 277 g/mol. The molecule has 4 nitrogen and oxygen atoms in total. The third-order valence-corrected chi connectivity index (χ3v) is 3.70. The number of hydrogen-bond acceptors (Lipinski definition) is 3. The predicted octanol–water partition coefficient (Wildman–Crippen LogP) is 2.40. The molecule has 1 saturated heterocycles. The van der Waals surface area contributed by atoms with Crippen molar-refractivity contribution in [3.8, 4) is 0 Å². The zero-order chi connectivity index (χ0) is 14.4. The van der Waals surface area contributed by atoms with Gasteiger partial charge in [-0.15, -0.1) is 0 Å². The standard InChI is InChI=1S/C16H23NO3/c1-3-17(12-14-10-7-11-20-14)16(18)15(19-2)13-8-5-4-6-9-13/h4-6,8-9,14-15H,3,7,10-12H2,1-2H3/t14-,15+/m0/s1. The monoisotopic (exact) mass is 277 g/mol. The summed E-state index contributed by atoms with van der Waals surface area (Å²) in [5, 5.41) is 0. The fourth-order valence-corrected chi connectivity index (χ4v) is 2.58. The van der Waals surface area contributed by atoms with E-state index in [2.05, 4.69) is 0 Å². The minimum absolute atomic E-state index is 0.0108. The van der Waals surface area contributed by atoms with E-state index in [4.69, 9.17) is 9.47 Å². The number of ether oxygens (including phenoxy) is 2. The smallest absolute Gasteiger partial charge is 0.256 e. The Morgan fingerprint density at radius 3 is 2.75 bits per heavy atom. The highest BCUT2D eigenvalue weighted by molar-refractivity contribution is 5.82. The number of carbonyl (C=O) groups excluding carboxylic acids is 1. The lowest BCUT2D eigenvalue weighted by molar-refractivity contribution is -0.143. The van der Waals surface area contributed by atoms with Crippen LogP contribution in [-0.2, 0) is 14.3 Å². The van der Waals surface area contributed by atoms with Crippen LogP contribution in [0.2, 0.25) is 0 Å². The van der Waals surface area contributed by atoms with E-state index in [9.17, 15) is 4.79 Å². The van der Waals surface area contributed by atoms with Gasteiger partial charge < -0.3 is 14.4 Å². The minimum atomic E-state index is -0.530. The van der Waals surface area contributed by atoms with Crippen LogP contribution in [0, 0.1) is 0 Å². The summed E-state index contributed by atoms with van der Waals surface area (Å²) in [6.45, 7) is 4.13. The van der Waals surface area contributed by atoms with Crippen molar-refractivity contribution in [2.45, 2.75) is 32.0 Å². The van der Waals surface area contributed by atoms with E-state index in [1.807, 2.05) is 42.2 Å². The van der Waals surface area contributed by atoms with Crippen LogP contribution in [0.5, 0.6) is 0 Å². The highest BCUT2D eigenvalue weighted by Gasteiger charge is 2.27. The number of methoxy groups -OCH3 is 1. The molecule has 20 heavy (non-hydrogen) atoms. The summed E-state index contributed by atoms with van der Waals surface area (Å²) in [6, 6.07) is 9.62. The average Bonchev–Trinajstić information content (AvgIpc) is 2.99. The van der Waals surface area contributed by atoms with E-state index in [-0.39, 0.29) is 12.0 Å². The first-order chi connectivity index (χ1) is 9.76. The Morgan fingerprint density at radius 2 is 2.20 bits per heavy atom. The molecule has 0 N–H and O–H groups in total. The van der Waals surface area contributed by atoms with E-state index < -0.39 is 6.10 Å². The van der Waals surface area contributed by atoms with Crippen molar-refractivity contribution < 1.29 is 14.3 Å². The maximum atomic E-state index is 12.6. The maximum Gasteiger partial charge on any atom is 0.256 e. The fraction of sp³-hybridized carbons (Fsp3) is 0.562. The Kier molecular flexibility index (Phi) is 5.56. The second kappa shape index (κ2) is 7.41. The Morgan fingerprint density at radius 1 is 1.45 bits per heavy atom. The van der Waals surface area contributed by atoms with Crippen molar-refractivity contribution in [1.82, 2.24) is 4.90 Å². The van der Waals surface area contributed by atoms with Crippen LogP contribution in [0.4, 0.5) is 0 Å². The number of benzene rings is 1. The SMILES string of the molecule is CCN(C[C@@H]1CCCO1)C(=O)[C@H](OC)c1ccccc1. The van der Waals surface area contributed by atoms with Crippen LogP contribution < -0.4 is 0 Å². The summed E-state index contributed by atoms with van der Waals surface area (Å²) in [6.07, 6.45) is 1.76. The van der Waals surface area contributed by atoms with Crippen molar-refractivity contribution in [3.63, 3.8) is 0 Å². The molecule has 0 bridgehead atoms. The lowest BCUT2D eigenvalue weighted by Gasteiger charge is -2.27. The highest BCUT2D eigenvalue weighted by Crippen LogP contribution is 2.21. The Hall–Kier alpha value is -1.39. The molecule has 110 valence electrons. The molecule has 1 fully saturated rings. The third-order valence-electron chi connectivity index (χ3n) is 3.70. The largest absolute Gasteiger partial charge is 0.376 e. The van der Waals surface area contributed by atoms with E-state index >= 15 is 0 Å². The Labute approximate surface area is 120 Å². The van der Waals surface area contributed by atoms with Crippen molar-refractivity contribution in [2.24, 2.45) is 0 Å². The summed E-state index contributed by atoms with van der Waals surface area (Å²) >= 11 is 0. The first-order valence-corrected chi connectivity index (χ1v) is 7.24. The van der Waals surface area contributed by atoms with Crippen molar-refractivity contribution in [2.75, 3.05) is 26.8 Å². The van der Waals surface area contributed by atoms with Gasteiger partial charge in [-0.05, 0) is 25.3 Å². The summed E-state index contributed by atoms with van der Waals surface area (Å²) in [5.74, 6) is 0.0108. The molecule has 1 amide bonds. The van der Waals surface area contributed by atoms with E-state index in [0.29, 0.717) is 13.1 Å². The number of likely N-dealkylation sites (N-methyl/N-ethyl adjacent to an activating group) is 1. The fourth-order valence-electron chi connectivity index (χ4n) is 2.58. The highest BCUT2D eigenvalue weighted by atomic mass is 16.5. The molecule has 1 heterocycles. The molecule has 4 heteroatoms. The van der Waals surface area contributed by atoms with Gasteiger partial charge in [0, 0.05) is 26.8 Å². The molecule has 0 aromatic heterocycles. The quantitative estimate of drug-likeness (QED) is 0.801. The Bertz CT molecular complexity index is 415. The molecule has 1 aromatic rings. The molecule has 1 aliphatic heterocycles. The normalized spacial score (nSPS) is 19.8. The summed E-state index contributed by atoms with van der Waals surface area (Å²) < 4.78 is 11.0. The molecule has 0 radical (unpaired) electrons. The molecular weight excluding hydrogens is 254 g/mol. The molecule has 0 aliphatic carbocycles. The van der Waals surface area contributed by atoms with Gasteiger partial charge in [0.1, 0.15) is 0 Å². The maximum absolute atomic E-state index is 12.6. The van der Waals surface area contributed by atoms with Crippen LogP contribution in [0.1, 0.15) is 31.4 Å². The van der Waals surface area contributed by atoms with Crippen molar-refractivity contribution in [1.29, 1.82) is 0 Å². The number of hydrogen-bond donors (Lipinski definition) is 0. The van der Waals surface area contributed by atoms with Gasteiger partial charge in [-0.3, -0.25) is 4.79 Å². The summed E-state index contributed by atoms with van der Waals surface area (Å²) in [4.78, 5) is 14.5. The molecule has 1 aromatic carbocycles. The van der Waals surface area contributed by atoms with E-state index in [0.717, 1.165) is 25.0 Å². The van der Waals surface area contributed by atoms with Crippen molar-refractivity contribution >= 4 is 5.91 Å². The first-order valence-electron chi connectivity index (χ1n) is 7.24. The van der Waals surface area contributed by atoms with Gasteiger partial charge in [0.05, 0.1) is 6.10 Å². The topological polar surface area (TPSA) is 38.8 Å². The van der Waals surface area contributed by atoms with Gasteiger partial charge in [-0.1, -0.05) is 30.3 Å². The molecule has 0 spiro atoms. The van der Waals surface area contributed by atoms with Gasteiger partial charge in [0.15, 0.2) is 6.10 Å². The van der Waals surface area contributed by atoms with Gasteiger partial charge in [-0.25, -0.2) is 0 Å². The van der Waals surface area contributed by atoms with Gasteiger partial charge in [-0.2, -0.15) is 0 Å². The predicted molar refractivity (Wildman–Crippen MR) is 77.4 cm³/mol. The lowest BCUT2D eigenvalue weighted by atomic mass is 10.1. The van der Waals surface area contributed by atoms with Crippen molar-refractivity contribution in [3.05, 3.63) is 35.9 Å². The molecule has 1 aliphatic rings. The summed E-state index contributed by atoms with van der Waals surface area (Å²) in [5.41, 5.74) is 0.894. The molecule has 2 rings (SSSR count). The molecule has 2 atom stereocenters. The number of carbonyl (C=O) groups is 1. The van der Waals surface area contributed by atoms with Crippen LogP contribution in [0.25, 0.3) is 0 Å². The van der Waals surface area contributed by atoms with Crippen LogP contribution in [0.15, 0.2) is 30.3 Å². The van der Waals surface area contributed by atoms with Crippen LogP contribution in [0.3, 0.4) is 0 Å². The van der Waals surface area contributed by atoms with E-state index in [1.54, 1.807) is 7.11 Å². The number of nitrogens with zero attached hydrogens (tertiary/aromatic N) is 1. The first kappa shape index (κ1) is 15.0. The van der Waals surface area contributed by atoms with Crippen LogP contribution in [-0.4, -0.2) is 43.7 Å². The van der Waals surface area contributed by atoms with E-state index in [1.165, 1.54) is 0 Å². The summed E-state index contributed by atoms with van der Waals surface area (Å²) in [7, 11) is 1.58. The zero-order valence-corrected chi connectivity index (χ0v) is 12.2. The second-order valence-electron chi connectivity index (χ2n) is 5.04.